The van der Waals surface area contributed by atoms with Crippen molar-refractivity contribution in [2.75, 3.05) is 4.90 Å². The number of hydrogen-bond donors (Lipinski definition) is 1. The van der Waals surface area contributed by atoms with Crippen LogP contribution < -0.4 is 9.64 Å². The van der Waals surface area contributed by atoms with Crippen LogP contribution in [0.3, 0.4) is 0 Å². The third-order valence-corrected chi connectivity index (χ3v) is 7.64. The minimum absolute atomic E-state index is 0.0282. The molecule has 2 aromatic carbocycles. The van der Waals surface area contributed by atoms with E-state index in [4.69, 9.17) is 5.11 Å². The maximum atomic E-state index is 13.8. The molecule has 2 aromatic rings. The Balaban J connectivity index is 1.55. The van der Waals surface area contributed by atoms with Crippen LogP contribution in [0.25, 0.3) is 0 Å². The van der Waals surface area contributed by atoms with Crippen LogP contribution in [0.2, 0.25) is 0 Å². The molecular weight excluding hydrogens is 515 g/mol. The molecule has 39 heavy (non-hydrogen) atoms. The molecule has 1 heterocycles. The molecule has 5 rings (SSSR count). The number of carboxylic acids is 1. The lowest BCUT2D eigenvalue weighted by molar-refractivity contribution is -0.274. The van der Waals surface area contributed by atoms with E-state index in [1.165, 1.54) is 12.1 Å². The number of nitriles is 1. The summed E-state index contributed by atoms with van der Waals surface area (Å²) in [6.45, 7) is 0. The second kappa shape index (κ2) is 10.2. The van der Waals surface area contributed by atoms with E-state index in [0.29, 0.717) is 23.2 Å². The summed E-state index contributed by atoms with van der Waals surface area (Å²) >= 11 is 0. The summed E-state index contributed by atoms with van der Waals surface area (Å²) in [5.41, 5.74) is 1.74. The van der Waals surface area contributed by atoms with Crippen LogP contribution in [0.4, 0.5) is 18.9 Å². The fourth-order valence-corrected chi connectivity index (χ4v) is 5.98. The van der Waals surface area contributed by atoms with Gasteiger partial charge in [-0.1, -0.05) is 6.42 Å². The van der Waals surface area contributed by atoms with Gasteiger partial charge >= 0.3 is 12.3 Å². The molecule has 0 bridgehead atoms. The Hall–Kier alpha value is -4.07. The predicted molar refractivity (Wildman–Crippen MR) is 132 cm³/mol. The Morgan fingerprint density at radius 1 is 1.05 bits per heavy atom. The van der Waals surface area contributed by atoms with Crippen molar-refractivity contribution in [2.45, 2.75) is 69.4 Å². The molecule has 1 aliphatic heterocycles. The minimum atomic E-state index is -4.85. The number of fused-ring (bicyclic) bond motifs is 2. The van der Waals surface area contributed by atoms with Crippen molar-refractivity contribution in [1.29, 1.82) is 5.26 Å². The van der Waals surface area contributed by atoms with E-state index in [-0.39, 0.29) is 42.3 Å². The van der Waals surface area contributed by atoms with Gasteiger partial charge in [-0.05, 0) is 68.1 Å². The van der Waals surface area contributed by atoms with E-state index in [9.17, 15) is 32.8 Å². The average Bonchev–Trinajstić information content (AvgIpc) is 3.61. The van der Waals surface area contributed by atoms with Crippen molar-refractivity contribution in [2.24, 2.45) is 5.92 Å². The molecule has 0 radical (unpaired) electrons. The first-order valence-corrected chi connectivity index (χ1v) is 12.8. The van der Waals surface area contributed by atoms with Crippen molar-refractivity contribution >= 4 is 23.5 Å². The number of alkyl halides is 3. The lowest BCUT2D eigenvalue weighted by atomic mass is 9.80. The number of benzene rings is 2. The lowest BCUT2D eigenvalue weighted by Crippen LogP contribution is -2.53. The van der Waals surface area contributed by atoms with E-state index in [2.05, 4.69) is 10.8 Å². The second-order valence-electron chi connectivity index (χ2n) is 10.2. The maximum absolute atomic E-state index is 13.8. The number of rotatable bonds is 7. The number of hydrogen-bond acceptors (Lipinski definition) is 5. The SMILES string of the molecule is N#Cc1ccc2c(c1)[C@H](N(C(=O)CCC(=O)O)C1CC1)[C@H]1CCC[C@H]1N2C(=O)c1ccc(OC(F)(F)F)cc1. The van der Waals surface area contributed by atoms with Crippen LogP contribution in [-0.4, -0.2) is 46.2 Å². The van der Waals surface area contributed by atoms with Crippen molar-refractivity contribution in [3.63, 3.8) is 0 Å². The molecule has 2 aliphatic carbocycles. The molecule has 1 N–H and O–H groups in total. The molecule has 3 aliphatic rings. The molecular formula is C28H26F3N3O5. The largest absolute Gasteiger partial charge is 0.573 e. The molecule has 0 unspecified atom stereocenters. The number of carbonyl (C=O) groups is 3. The smallest absolute Gasteiger partial charge is 0.481 e. The first-order valence-electron chi connectivity index (χ1n) is 12.8. The van der Waals surface area contributed by atoms with Gasteiger partial charge in [-0.25, -0.2) is 0 Å². The van der Waals surface area contributed by atoms with Crippen LogP contribution in [0.1, 0.15) is 72.5 Å². The summed E-state index contributed by atoms with van der Waals surface area (Å²) in [4.78, 5) is 41.8. The number of carbonyl (C=O) groups excluding carboxylic acids is 2. The summed E-state index contributed by atoms with van der Waals surface area (Å²) in [6, 6.07) is 11.1. The average molecular weight is 542 g/mol. The zero-order valence-corrected chi connectivity index (χ0v) is 20.9. The Morgan fingerprint density at radius 3 is 2.38 bits per heavy atom. The molecule has 2 saturated carbocycles. The molecule has 0 aromatic heterocycles. The molecule has 0 spiro atoms. The fourth-order valence-electron chi connectivity index (χ4n) is 5.98. The van der Waals surface area contributed by atoms with Gasteiger partial charge in [0, 0.05) is 41.2 Å². The normalized spacial score (nSPS) is 21.9. The van der Waals surface area contributed by atoms with Crippen molar-refractivity contribution < 1.29 is 37.4 Å². The summed E-state index contributed by atoms with van der Waals surface area (Å²) in [7, 11) is 0. The van der Waals surface area contributed by atoms with Crippen LogP contribution in [0.15, 0.2) is 42.5 Å². The molecule has 8 nitrogen and oxygen atoms in total. The molecule has 0 saturated heterocycles. The number of nitrogens with zero attached hydrogens (tertiary/aromatic N) is 3. The highest BCUT2D eigenvalue weighted by atomic mass is 19.4. The van der Waals surface area contributed by atoms with Gasteiger partial charge in [0.25, 0.3) is 5.91 Å². The van der Waals surface area contributed by atoms with Crippen molar-refractivity contribution in [3.05, 3.63) is 59.2 Å². The number of aliphatic carboxylic acids is 1. The van der Waals surface area contributed by atoms with Crippen LogP contribution >= 0.6 is 0 Å². The molecule has 2 amide bonds. The lowest BCUT2D eigenvalue weighted by Gasteiger charge is -2.48. The Kier molecular flexibility index (Phi) is 6.97. The van der Waals surface area contributed by atoms with Gasteiger partial charge in [-0.3, -0.25) is 14.4 Å². The zero-order valence-electron chi connectivity index (χ0n) is 20.9. The standard InChI is InChI=1S/C28H26F3N3O5/c29-28(30,31)39-19-9-5-17(6-10-19)27(38)34-22-3-1-2-20(22)26(21-14-16(15-32)4-11-23(21)34)33(18-7-8-18)24(35)12-13-25(36)37/h4-6,9-11,14,18,20,22,26H,1-3,7-8,12-13H2,(H,36,37)/t20-,22+,26+/m0/s1. The number of amides is 2. The Bertz CT molecular complexity index is 1330. The monoisotopic (exact) mass is 541 g/mol. The Labute approximate surface area is 222 Å². The highest BCUT2D eigenvalue weighted by Crippen LogP contribution is 2.53. The quantitative estimate of drug-likeness (QED) is 0.517. The third-order valence-electron chi connectivity index (χ3n) is 7.64. The summed E-state index contributed by atoms with van der Waals surface area (Å²) < 4.78 is 41.7. The molecule has 3 atom stereocenters. The second-order valence-corrected chi connectivity index (χ2v) is 10.2. The van der Waals surface area contributed by atoms with Crippen molar-refractivity contribution in [1.82, 2.24) is 4.90 Å². The first-order chi connectivity index (χ1) is 18.6. The summed E-state index contributed by atoms with van der Waals surface area (Å²) in [6.07, 6.45) is -1.48. The van der Waals surface area contributed by atoms with E-state index >= 15 is 0 Å². The maximum Gasteiger partial charge on any atom is 0.573 e. The van der Waals surface area contributed by atoms with Gasteiger partial charge in [0.05, 0.1) is 24.1 Å². The van der Waals surface area contributed by atoms with E-state index in [1.54, 1.807) is 28.0 Å². The number of carboxylic acid groups (broad SMARTS) is 1. The molecule has 204 valence electrons. The highest BCUT2D eigenvalue weighted by Gasteiger charge is 2.51. The number of ether oxygens (including phenoxy) is 1. The predicted octanol–water partition coefficient (Wildman–Crippen LogP) is 5.18. The number of halogens is 3. The third kappa shape index (κ3) is 5.41. The van der Waals surface area contributed by atoms with Gasteiger partial charge in [-0.2, -0.15) is 5.26 Å². The van der Waals surface area contributed by atoms with Crippen LogP contribution in [0.5, 0.6) is 5.75 Å². The number of anilines is 1. The van der Waals surface area contributed by atoms with Gasteiger partial charge in [-0.15, -0.1) is 13.2 Å². The minimum Gasteiger partial charge on any atom is -0.481 e. The van der Waals surface area contributed by atoms with Crippen LogP contribution in [0, 0.1) is 17.2 Å². The van der Waals surface area contributed by atoms with E-state index in [1.807, 2.05) is 0 Å². The summed E-state index contributed by atoms with van der Waals surface area (Å²) in [5, 5.41) is 18.8. The highest BCUT2D eigenvalue weighted by molar-refractivity contribution is 6.07. The van der Waals surface area contributed by atoms with Gasteiger partial charge in [0.2, 0.25) is 5.91 Å². The van der Waals surface area contributed by atoms with Crippen molar-refractivity contribution in [3.8, 4) is 11.8 Å². The molecule has 11 heteroatoms. The van der Waals surface area contributed by atoms with Gasteiger partial charge in [0.15, 0.2) is 0 Å². The fraction of sp³-hybridized carbons (Fsp3) is 0.429. The topological polar surface area (TPSA) is 111 Å². The summed E-state index contributed by atoms with van der Waals surface area (Å²) in [5.74, 6) is -2.29. The Morgan fingerprint density at radius 2 is 1.77 bits per heavy atom. The van der Waals surface area contributed by atoms with Crippen LogP contribution in [-0.2, 0) is 9.59 Å². The van der Waals surface area contributed by atoms with E-state index < -0.39 is 30.0 Å². The van der Waals surface area contributed by atoms with E-state index in [0.717, 1.165) is 37.8 Å². The zero-order chi connectivity index (χ0) is 27.9. The first kappa shape index (κ1) is 26.5. The molecule has 2 fully saturated rings. The van der Waals surface area contributed by atoms with Gasteiger partial charge in [0.1, 0.15) is 5.75 Å². The van der Waals surface area contributed by atoms with Gasteiger partial charge < -0.3 is 19.6 Å².